The van der Waals surface area contributed by atoms with E-state index in [-0.39, 0.29) is 5.97 Å². The Morgan fingerprint density at radius 3 is 3.00 bits per heavy atom. The predicted molar refractivity (Wildman–Crippen MR) is 61.4 cm³/mol. The molecule has 0 unspecified atom stereocenters. The predicted octanol–water partition coefficient (Wildman–Crippen LogP) is 1.68. The summed E-state index contributed by atoms with van der Waals surface area (Å²) in [5.74, 6) is -0.355. The minimum Gasteiger partial charge on any atom is -0.472 e. The van der Waals surface area contributed by atoms with Crippen LogP contribution in [-0.2, 0) is 17.8 Å². The third-order valence-electron chi connectivity index (χ3n) is 2.38. The first-order chi connectivity index (χ1) is 8.29. The molecule has 2 rings (SSSR count). The summed E-state index contributed by atoms with van der Waals surface area (Å²) in [6.45, 7) is 1.38. The van der Waals surface area contributed by atoms with Crippen LogP contribution < -0.4 is 5.32 Å². The summed E-state index contributed by atoms with van der Waals surface area (Å²) in [5, 5.41) is 3.23. The molecule has 90 valence electrons. The molecule has 0 aliphatic rings. The number of aromatic amines is 1. The van der Waals surface area contributed by atoms with E-state index in [1.807, 2.05) is 12.1 Å². The number of rotatable bonds is 5. The Bertz CT molecular complexity index is 474. The highest BCUT2D eigenvalue weighted by Gasteiger charge is 2.07. The van der Waals surface area contributed by atoms with E-state index in [1.54, 1.807) is 18.6 Å². The van der Waals surface area contributed by atoms with Crippen LogP contribution >= 0.6 is 0 Å². The van der Waals surface area contributed by atoms with Gasteiger partial charge in [-0.25, -0.2) is 4.79 Å². The summed E-state index contributed by atoms with van der Waals surface area (Å²) < 4.78 is 9.57. The van der Waals surface area contributed by atoms with Gasteiger partial charge >= 0.3 is 5.97 Å². The lowest BCUT2D eigenvalue weighted by molar-refractivity contribution is 0.0594. The molecule has 0 aromatic carbocycles. The van der Waals surface area contributed by atoms with Gasteiger partial charge in [0.25, 0.3) is 0 Å². The highest BCUT2D eigenvalue weighted by Crippen LogP contribution is 2.04. The zero-order chi connectivity index (χ0) is 12.1. The van der Waals surface area contributed by atoms with E-state index < -0.39 is 0 Å². The molecule has 5 heteroatoms. The minimum atomic E-state index is -0.355. The molecule has 0 saturated carbocycles. The monoisotopic (exact) mass is 234 g/mol. The van der Waals surface area contributed by atoms with Crippen molar-refractivity contribution in [3.63, 3.8) is 0 Å². The van der Waals surface area contributed by atoms with Gasteiger partial charge in [0.1, 0.15) is 5.69 Å². The van der Waals surface area contributed by atoms with Crippen LogP contribution in [0.3, 0.4) is 0 Å². The average molecular weight is 234 g/mol. The Hall–Kier alpha value is -2.01. The van der Waals surface area contributed by atoms with Crippen molar-refractivity contribution in [1.82, 2.24) is 10.3 Å². The number of aromatic nitrogens is 1. The molecule has 0 amide bonds. The Morgan fingerprint density at radius 2 is 2.29 bits per heavy atom. The van der Waals surface area contributed by atoms with Gasteiger partial charge in [0.15, 0.2) is 0 Å². The third-order valence-corrected chi connectivity index (χ3v) is 2.38. The van der Waals surface area contributed by atoms with Crippen LogP contribution in [0, 0.1) is 0 Å². The van der Waals surface area contributed by atoms with Crippen LogP contribution in [0.2, 0.25) is 0 Å². The van der Waals surface area contributed by atoms with E-state index in [4.69, 9.17) is 4.42 Å². The Morgan fingerprint density at radius 1 is 1.41 bits per heavy atom. The molecule has 2 aromatic rings. The number of nitrogens with one attached hydrogen (secondary N) is 2. The summed E-state index contributed by atoms with van der Waals surface area (Å²) in [4.78, 5) is 14.2. The number of furan rings is 1. The molecule has 0 spiro atoms. The second kappa shape index (κ2) is 5.36. The fourth-order valence-corrected chi connectivity index (χ4v) is 1.51. The van der Waals surface area contributed by atoms with Crippen molar-refractivity contribution in [2.45, 2.75) is 13.1 Å². The molecule has 0 radical (unpaired) electrons. The van der Waals surface area contributed by atoms with Gasteiger partial charge in [-0.05, 0) is 18.2 Å². The SMILES string of the molecule is COC(=O)c1ccc(CNCc2ccoc2)[nH]1. The Kier molecular flexibility index (Phi) is 3.62. The van der Waals surface area contributed by atoms with E-state index in [9.17, 15) is 4.79 Å². The van der Waals surface area contributed by atoms with Crippen molar-refractivity contribution in [2.75, 3.05) is 7.11 Å². The lowest BCUT2D eigenvalue weighted by atomic mass is 10.3. The van der Waals surface area contributed by atoms with Crippen molar-refractivity contribution < 1.29 is 13.9 Å². The zero-order valence-electron chi connectivity index (χ0n) is 9.53. The first-order valence-corrected chi connectivity index (χ1v) is 5.27. The molecular weight excluding hydrogens is 220 g/mol. The fourth-order valence-electron chi connectivity index (χ4n) is 1.51. The maximum atomic E-state index is 11.2. The molecule has 0 bridgehead atoms. The first kappa shape index (κ1) is 11.5. The van der Waals surface area contributed by atoms with Crippen LogP contribution in [0.25, 0.3) is 0 Å². The molecule has 0 aliphatic heterocycles. The van der Waals surface area contributed by atoms with E-state index >= 15 is 0 Å². The number of H-pyrrole nitrogens is 1. The minimum absolute atomic E-state index is 0.355. The van der Waals surface area contributed by atoms with E-state index in [0.29, 0.717) is 12.2 Å². The van der Waals surface area contributed by atoms with Crippen molar-refractivity contribution in [3.05, 3.63) is 47.7 Å². The summed E-state index contributed by atoms with van der Waals surface area (Å²) >= 11 is 0. The highest BCUT2D eigenvalue weighted by atomic mass is 16.5. The van der Waals surface area contributed by atoms with Gasteiger partial charge < -0.3 is 19.5 Å². The highest BCUT2D eigenvalue weighted by molar-refractivity contribution is 5.87. The lowest BCUT2D eigenvalue weighted by Gasteiger charge is -2.00. The van der Waals surface area contributed by atoms with Gasteiger partial charge in [0, 0.05) is 24.3 Å². The Labute approximate surface area is 98.8 Å². The number of methoxy groups -OCH3 is 1. The van der Waals surface area contributed by atoms with Gasteiger partial charge in [-0.15, -0.1) is 0 Å². The number of carbonyl (C=O) groups excluding carboxylic acids is 1. The molecule has 2 N–H and O–H groups in total. The van der Waals surface area contributed by atoms with Gasteiger partial charge in [-0.1, -0.05) is 0 Å². The fraction of sp³-hybridized carbons (Fsp3) is 0.250. The van der Waals surface area contributed by atoms with E-state index in [1.165, 1.54) is 7.11 Å². The molecular formula is C12H14N2O3. The standard InChI is InChI=1S/C12H14N2O3/c1-16-12(15)11-3-2-10(14-11)7-13-6-9-4-5-17-8-9/h2-5,8,13-14H,6-7H2,1H3. The maximum absolute atomic E-state index is 11.2. The second-order valence-corrected chi connectivity index (χ2v) is 3.62. The third kappa shape index (κ3) is 2.98. The smallest absolute Gasteiger partial charge is 0.354 e. The summed E-state index contributed by atoms with van der Waals surface area (Å²) in [7, 11) is 1.36. The van der Waals surface area contributed by atoms with Crippen LogP contribution in [0.1, 0.15) is 21.7 Å². The number of hydrogen-bond donors (Lipinski definition) is 2. The zero-order valence-corrected chi connectivity index (χ0v) is 9.53. The van der Waals surface area contributed by atoms with Crippen LogP contribution in [0.15, 0.2) is 35.1 Å². The van der Waals surface area contributed by atoms with Crippen LogP contribution in [-0.4, -0.2) is 18.1 Å². The summed E-state index contributed by atoms with van der Waals surface area (Å²) in [6.07, 6.45) is 3.34. The van der Waals surface area contributed by atoms with Crippen molar-refractivity contribution >= 4 is 5.97 Å². The second-order valence-electron chi connectivity index (χ2n) is 3.62. The maximum Gasteiger partial charge on any atom is 0.354 e. The molecule has 2 heterocycles. The van der Waals surface area contributed by atoms with Gasteiger partial charge in [0.2, 0.25) is 0 Å². The van der Waals surface area contributed by atoms with Gasteiger partial charge in [0.05, 0.1) is 19.6 Å². The molecule has 0 saturated heterocycles. The lowest BCUT2D eigenvalue weighted by Crippen LogP contribution is -2.12. The molecule has 2 aromatic heterocycles. The van der Waals surface area contributed by atoms with Crippen molar-refractivity contribution in [2.24, 2.45) is 0 Å². The summed E-state index contributed by atoms with van der Waals surface area (Å²) in [6, 6.07) is 5.47. The largest absolute Gasteiger partial charge is 0.472 e. The number of carbonyl (C=O) groups is 1. The Balaban J connectivity index is 1.83. The van der Waals surface area contributed by atoms with Crippen molar-refractivity contribution in [3.8, 4) is 0 Å². The van der Waals surface area contributed by atoms with Crippen molar-refractivity contribution in [1.29, 1.82) is 0 Å². The van der Waals surface area contributed by atoms with E-state index in [2.05, 4.69) is 15.0 Å². The van der Waals surface area contributed by atoms with Gasteiger partial charge in [-0.2, -0.15) is 0 Å². The van der Waals surface area contributed by atoms with Crippen LogP contribution in [0.5, 0.6) is 0 Å². The number of ether oxygens (including phenoxy) is 1. The first-order valence-electron chi connectivity index (χ1n) is 5.27. The van der Waals surface area contributed by atoms with Crippen LogP contribution in [0.4, 0.5) is 0 Å². The number of esters is 1. The molecule has 5 nitrogen and oxygen atoms in total. The van der Waals surface area contributed by atoms with E-state index in [0.717, 1.165) is 17.8 Å². The summed E-state index contributed by atoms with van der Waals surface area (Å²) in [5.41, 5.74) is 2.49. The molecule has 17 heavy (non-hydrogen) atoms. The molecule has 0 fully saturated rings. The number of hydrogen-bond acceptors (Lipinski definition) is 4. The molecule has 0 atom stereocenters. The average Bonchev–Trinajstić information content (AvgIpc) is 2.99. The van der Waals surface area contributed by atoms with Gasteiger partial charge in [-0.3, -0.25) is 0 Å². The molecule has 0 aliphatic carbocycles. The normalized spacial score (nSPS) is 10.4. The quantitative estimate of drug-likeness (QED) is 0.772. The topological polar surface area (TPSA) is 67.3 Å².